The molecule has 3 aliphatic rings. The van der Waals surface area contributed by atoms with Gasteiger partial charge >= 0.3 is 14.2 Å². The van der Waals surface area contributed by atoms with Gasteiger partial charge in [-0.25, -0.2) is 4.57 Å². The minimum Gasteiger partial charge on any atom is -0.393 e. The van der Waals surface area contributed by atoms with Crippen molar-refractivity contribution in [2.75, 3.05) is 25.7 Å². The van der Waals surface area contributed by atoms with Gasteiger partial charge in [-0.2, -0.15) is 0 Å². The fourth-order valence-corrected chi connectivity index (χ4v) is 10.8. The first-order valence-corrected chi connectivity index (χ1v) is 16.9. The van der Waals surface area contributed by atoms with Crippen LogP contribution >= 0.6 is 36.0 Å². The van der Waals surface area contributed by atoms with E-state index in [-0.39, 0.29) is 18.9 Å². The molecule has 0 spiro atoms. The number of ether oxygens (including phenoxy) is 1. The molecular weight excluding hydrogens is 634 g/mol. The smallest absolute Gasteiger partial charge is 0.393 e. The van der Waals surface area contributed by atoms with Gasteiger partial charge in [0.05, 0.1) is 25.4 Å². The number of thiocarbonyl (C=S) groups is 1. The van der Waals surface area contributed by atoms with Crippen LogP contribution in [0.25, 0.3) is 0 Å². The van der Waals surface area contributed by atoms with Crippen LogP contribution in [0.4, 0.5) is 13.2 Å². The summed E-state index contributed by atoms with van der Waals surface area (Å²) >= 11 is 9.33. The van der Waals surface area contributed by atoms with Crippen molar-refractivity contribution in [2.45, 2.75) is 97.3 Å². The van der Waals surface area contributed by atoms with E-state index in [9.17, 15) is 22.8 Å². The molecule has 0 aromatic heterocycles. The van der Waals surface area contributed by atoms with E-state index in [0.717, 1.165) is 0 Å². The first-order valence-electron chi connectivity index (χ1n) is 14.0. The highest BCUT2D eigenvalue weighted by atomic mass is 79.9. The lowest BCUT2D eigenvalue weighted by molar-refractivity contribution is -0.361. The van der Waals surface area contributed by atoms with Crippen molar-refractivity contribution in [1.29, 1.82) is 0 Å². The molecule has 7 nitrogen and oxygen atoms in total. The van der Waals surface area contributed by atoms with Crippen LogP contribution < -0.4 is 5.73 Å². The van der Waals surface area contributed by atoms with Crippen LogP contribution in [-0.4, -0.2) is 60.2 Å². The van der Waals surface area contributed by atoms with Crippen molar-refractivity contribution in [2.24, 2.45) is 33.3 Å². The molecule has 0 aromatic carbocycles. The topological polar surface area (TPSA) is 100 Å². The third-order valence-corrected chi connectivity index (χ3v) is 13.6. The molecule has 0 bridgehead atoms. The Kier molecular flexibility index (Phi) is 10.9. The van der Waals surface area contributed by atoms with Gasteiger partial charge in [0.25, 0.3) is 0 Å². The zero-order valence-corrected chi connectivity index (χ0v) is 27.3. The molecule has 3 rings (SSSR count). The number of allylic oxidation sites excluding steroid dienone is 1. The minimum atomic E-state index is -4.84. The number of fused-ring (bicyclic) bond motifs is 3. The summed E-state index contributed by atoms with van der Waals surface area (Å²) in [4.78, 5) is 0.546. The summed E-state index contributed by atoms with van der Waals surface area (Å²) in [5.74, 6) is -0.329. The first kappa shape index (κ1) is 34.6. The molecule has 0 heterocycles. The Morgan fingerprint density at radius 1 is 1.27 bits per heavy atom. The lowest BCUT2D eigenvalue weighted by Crippen LogP contribution is -2.71. The van der Waals surface area contributed by atoms with Gasteiger partial charge in [0, 0.05) is 46.0 Å². The van der Waals surface area contributed by atoms with Crippen LogP contribution in [0.15, 0.2) is 12.2 Å². The number of rotatable bonds is 10. The molecular formula is C27H44BrF3NO6PS. The standard InChI is InChI=1S/C27H44BrF3NO6PS/c1-6-10-24-12-13-26(17-36-27(29,30)31)23(4,16-28)21(33)9-11-25(26,7-2)20(24)14-18(32)19(40)15-22(24)38-39(34,35-5)37-8-3/h6,10,18,20-22,33H,7-9,11-17,32H2,1-5H3/b10-6+. The fraction of sp³-hybridized carbons (Fsp3) is 0.889. The normalized spacial score (nSPS) is 42.2. The van der Waals surface area contributed by atoms with E-state index in [2.05, 4.69) is 20.7 Å². The summed E-state index contributed by atoms with van der Waals surface area (Å²) in [5.41, 5.74) is 3.15. The highest BCUT2D eigenvalue weighted by molar-refractivity contribution is 9.09. The van der Waals surface area contributed by atoms with Gasteiger partial charge in [-0.1, -0.05) is 54.1 Å². The van der Waals surface area contributed by atoms with Crippen molar-refractivity contribution in [1.82, 2.24) is 0 Å². The first-order chi connectivity index (χ1) is 18.6. The van der Waals surface area contributed by atoms with E-state index in [4.69, 9.17) is 31.5 Å². The summed E-state index contributed by atoms with van der Waals surface area (Å²) in [7, 11) is -2.72. The van der Waals surface area contributed by atoms with Crippen molar-refractivity contribution in [3.05, 3.63) is 12.2 Å². The maximum absolute atomic E-state index is 13.7. The minimum absolute atomic E-state index is 0.0973. The average molecular weight is 679 g/mol. The van der Waals surface area contributed by atoms with E-state index in [1.54, 1.807) is 6.92 Å². The second kappa shape index (κ2) is 12.6. The zero-order valence-electron chi connectivity index (χ0n) is 24.0. The number of aliphatic hydroxyl groups excluding tert-OH is 1. The number of halogens is 4. The maximum atomic E-state index is 13.7. The van der Waals surface area contributed by atoms with Crippen LogP contribution in [0.2, 0.25) is 0 Å². The maximum Gasteiger partial charge on any atom is 0.522 e. The summed E-state index contributed by atoms with van der Waals surface area (Å²) in [6.45, 7) is 6.92. The van der Waals surface area contributed by atoms with Gasteiger partial charge in [0.15, 0.2) is 0 Å². The molecule has 3 aliphatic carbocycles. The molecule has 13 heteroatoms. The Morgan fingerprint density at radius 2 is 1.95 bits per heavy atom. The molecule has 0 saturated heterocycles. The Bertz CT molecular complexity index is 1010. The number of nitrogens with two attached hydrogens (primary N) is 1. The third kappa shape index (κ3) is 5.68. The lowest BCUT2D eigenvalue weighted by Gasteiger charge is -2.72. The van der Waals surface area contributed by atoms with Gasteiger partial charge in [0.1, 0.15) is 0 Å². The molecule has 3 fully saturated rings. The van der Waals surface area contributed by atoms with Crippen molar-refractivity contribution in [3.63, 3.8) is 0 Å². The fourth-order valence-electron chi connectivity index (χ4n) is 8.50. The highest BCUT2D eigenvalue weighted by Crippen LogP contribution is 2.75. The largest absolute Gasteiger partial charge is 0.522 e. The van der Waals surface area contributed by atoms with Crippen molar-refractivity contribution in [3.8, 4) is 0 Å². The molecule has 232 valence electrons. The van der Waals surface area contributed by atoms with Gasteiger partial charge < -0.3 is 10.8 Å². The lowest BCUT2D eigenvalue weighted by atomic mass is 9.33. The molecule has 9 unspecified atom stereocenters. The monoisotopic (exact) mass is 677 g/mol. The molecule has 0 aromatic rings. The predicted octanol–water partition coefficient (Wildman–Crippen LogP) is 7.10. The molecule has 0 radical (unpaired) electrons. The quantitative estimate of drug-likeness (QED) is 0.109. The Labute approximate surface area is 249 Å². The Hall–Kier alpha value is 0.0900. The second-order valence-electron chi connectivity index (χ2n) is 11.8. The number of hydrogen-bond acceptors (Lipinski definition) is 8. The SMILES string of the molecule is C/C=C/C12CCC3(COC(F)(F)F)C(C)(CBr)C(O)CCC3(CC)C1CC(N)C(=S)CC2OP(=O)(OC)OCC. The van der Waals surface area contributed by atoms with Crippen molar-refractivity contribution < 1.29 is 41.2 Å². The Morgan fingerprint density at radius 3 is 2.48 bits per heavy atom. The molecule has 0 amide bonds. The number of phosphoric ester groups is 1. The van der Waals surface area contributed by atoms with E-state index < -0.39 is 60.7 Å². The van der Waals surface area contributed by atoms with E-state index in [0.29, 0.717) is 48.7 Å². The predicted molar refractivity (Wildman–Crippen MR) is 155 cm³/mol. The van der Waals surface area contributed by atoms with E-state index in [1.807, 2.05) is 32.9 Å². The number of hydrogen-bond donors (Lipinski definition) is 2. The summed E-state index contributed by atoms with van der Waals surface area (Å²) < 4.78 is 76.2. The van der Waals surface area contributed by atoms with E-state index in [1.165, 1.54) is 7.11 Å². The molecule has 3 saturated carbocycles. The van der Waals surface area contributed by atoms with Gasteiger partial charge in [-0.15, -0.1) is 13.2 Å². The number of aliphatic hydroxyl groups is 1. The molecule has 9 atom stereocenters. The number of alkyl halides is 4. The number of phosphoric acid groups is 1. The average Bonchev–Trinajstić information content (AvgIpc) is 2.99. The van der Waals surface area contributed by atoms with Crippen LogP contribution in [0, 0.1) is 27.6 Å². The highest BCUT2D eigenvalue weighted by Gasteiger charge is 2.73. The summed E-state index contributed by atoms with van der Waals surface area (Å²) in [6, 6.07) is -0.530. The second-order valence-corrected chi connectivity index (χ2v) is 14.6. The summed E-state index contributed by atoms with van der Waals surface area (Å²) in [5, 5.41) is 11.7. The van der Waals surface area contributed by atoms with Crippen molar-refractivity contribution >= 4 is 40.8 Å². The summed E-state index contributed by atoms with van der Waals surface area (Å²) in [6.07, 6.45) is 0.252. The third-order valence-electron chi connectivity index (χ3n) is 10.5. The van der Waals surface area contributed by atoms with Crippen LogP contribution in [0.1, 0.15) is 72.6 Å². The van der Waals surface area contributed by atoms with Crippen LogP contribution in [-0.2, 0) is 22.9 Å². The van der Waals surface area contributed by atoms with Crippen LogP contribution in [0.5, 0.6) is 0 Å². The van der Waals surface area contributed by atoms with E-state index >= 15 is 0 Å². The zero-order chi connectivity index (χ0) is 30.2. The van der Waals surface area contributed by atoms with Gasteiger partial charge in [-0.3, -0.25) is 18.3 Å². The molecule has 3 N–H and O–H groups in total. The molecule has 0 aliphatic heterocycles. The van der Waals surface area contributed by atoms with Crippen LogP contribution in [0.3, 0.4) is 0 Å². The Balaban J connectivity index is 2.32. The van der Waals surface area contributed by atoms with Gasteiger partial charge in [-0.05, 0) is 63.7 Å². The van der Waals surface area contributed by atoms with Gasteiger partial charge in [0.2, 0.25) is 0 Å². The molecule has 40 heavy (non-hydrogen) atoms.